The number of methoxy groups -OCH3 is 1. The molecule has 2 N–H and O–H groups in total. The van der Waals surface area contributed by atoms with E-state index in [1.165, 1.54) is 36.4 Å². The molecule has 1 amide bonds. The summed E-state index contributed by atoms with van der Waals surface area (Å²) in [6, 6.07) is 9.82. The Morgan fingerprint density at radius 1 is 1.07 bits per heavy atom. The molecule has 0 radical (unpaired) electrons. The van der Waals surface area contributed by atoms with E-state index in [2.05, 4.69) is 23.0 Å². The zero-order chi connectivity index (χ0) is 21.6. The van der Waals surface area contributed by atoms with Crippen LogP contribution in [-0.4, -0.2) is 34.1 Å². The molecule has 6 nitrogen and oxygen atoms in total. The van der Waals surface area contributed by atoms with E-state index in [9.17, 15) is 13.2 Å². The van der Waals surface area contributed by atoms with Gasteiger partial charge in [0.2, 0.25) is 15.9 Å². The first-order chi connectivity index (χ1) is 13.6. The van der Waals surface area contributed by atoms with Crippen LogP contribution < -0.4 is 10.0 Å². The summed E-state index contributed by atoms with van der Waals surface area (Å²) in [5.74, 6) is -0.287. The van der Waals surface area contributed by atoms with Crippen LogP contribution in [0.3, 0.4) is 0 Å². The highest BCUT2D eigenvalue weighted by atomic mass is 32.2. The Labute approximate surface area is 173 Å². The molecule has 0 heterocycles. The molecule has 1 unspecified atom stereocenters. The first-order valence-corrected chi connectivity index (χ1v) is 10.8. The summed E-state index contributed by atoms with van der Waals surface area (Å²) < 4.78 is 32.1. The average Bonchev–Trinajstić information content (AvgIpc) is 2.64. The van der Waals surface area contributed by atoms with Crippen molar-refractivity contribution >= 4 is 27.7 Å². The molecule has 0 aliphatic heterocycles. The van der Waals surface area contributed by atoms with Gasteiger partial charge in [0, 0.05) is 24.9 Å². The van der Waals surface area contributed by atoms with Gasteiger partial charge in [0.25, 0.3) is 0 Å². The average molecular weight is 417 g/mol. The summed E-state index contributed by atoms with van der Waals surface area (Å²) >= 11 is 0. The van der Waals surface area contributed by atoms with Crippen LogP contribution in [0.15, 0.2) is 47.4 Å². The number of carbonyl (C=O) groups excluding carboxylic acids is 1. The van der Waals surface area contributed by atoms with Crippen molar-refractivity contribution in [2.75, 3.05) is 19.0 Å². The summed E-state index contributed by atoms with van der Waals surface area (Å²) in [4.78, 5) is 12.3. The lowest BCUT2D eigenvalue weighted by Gasteiger charge is -2.13. The lowest BCUT2D eigenvalue weighted by atomic mass is 10.0. The zero-order valence-corrected chi connectivity index (χ0v) is 18.3. The van der Waals surface area contributed by atoms with Crippen molar-refractivity contribution in [1.82, 2.24) is 4.72 Å². The van der Waals surface area contributed by atoms with Gasteiger partial charge < -0.3 is 10.1 Å². The summed E-state index contributed by atoms with van der Waals surface area (Å²) in [5.41, 5.74) is 4.98. The Morgan fingerprint density at radius 3 is 2.31 bits per heavy atom. The third kappa shape index (κ3) is 6.52. The minimum atomic E-state index is -3.64. The van der Waals surface area contributed by atoms with Crippen LogP contribution in [0.1, 0.15) is 29.2 Å². The fraction of sp³-hybridized carbons (Fsp3) is 0.318. The van der Waals surface area contributed by atoms with Gasteiger partial charge in [-0.1, -0.05) is 12.1 Å². The topological polar surface area (TPSA) is 84.5 Å². The van der Waals surface area contributed by atoms with E-state index >= 15 is 0 Å². The molecule has 0 spiro atoms. The molecule has 0 saturated carbocycles. The molecule has 156 valence electrons. The Balaban J connectivity index is 2.04. The molecule has 0 fully saturated rings. The standard InChI is InChI=1S/C22H28N2O4S/c1-15-12-17(3)19(13-16(15)2)6-11-22(25)23-20-7-9-21(10-8-20)29(26,27)24-18(4)14-28-5/h6-13,18,24H,14H2,1-5H3,(H,23,25). The van der Waals surface area contributed by atoms with Gasteiger partial charge in [0.15, 0.2) is 0 Å². The van der Waals surface area contributed by atoms with E-state index in [1.54, 1.807) is 25.1 Å². The van der Waals surface area contributed by atoms with Crippen molar-refractivity contribution in [2.45, 2.75) is 38.6 Å². The highest BCUT2D eigenvalue weighted by molar-refractivity contribution is 7.89. The van der Waals surface area contributed by atoms with Gasteiger partial charge in [-0.2, -0.15) is 0 Å². The number of aryl methyl sites for hydroxylation is 3. The molecule has 2 aromatic carbocycles. The molecule has 1 atom stereocenters. The molecule has 0 bridgehead atoms. The fourth-order valence-electron chi connectivity index (χ4n) is 2.85. The van der Waals surface area contributed by atoms with Crippen molar-refractivity contribution in [3.05, 3.63) is 64.7 Å². The van der Waals surface area contributed by atoms with Gasteiger partial charge in [-0.3, -0.25) is 4.79 Å². The second-order valence-electron chi connectivity index (χ2n) is 7.12. The van der Waals surface area contributed by atoms with E-state index < -0.39 is 10.0 Å². The molecule has 0 aliphatic carbocycles. The largest absolute Gasteiger partial charge is 0.383 e. The number of nitrogens with one attached hydrogen (secondary N) is 2. The monoisotopic (exact) mass is 416 g/mol. The van der Waals surface area contributed by atoms with Crippen molar-refractivity contribution < 1.29 is 17.9 Å². The second-order valence-corrected chi connectivity index (χ2v) is 8.83. The van der Waals surface area contributed by atoms with Crippen molar-refractivity contribution in [3.63, 3.8) is 0 Å². The number of hydrogen-bond acceptors (Lipinski definition) is 4. The quantitative estimate of drug-likeness (QED) is 0.644. The highest BCUT2D eigenvalue weighted by Gasteiger charge is 2.17. The Hall–Kier alpha value is -2.48. The zero-order valence-electron chi connectivity index (χ0n) is 17.4. The third-order valence-electron chi connectivity index (χ3n) is 4.50. The van der Waals surface area contributed by atoms with E-state index in [0.717, 1.165) is 11.1 Å². The lowest BCUT2D eigenvalue weighted by Crippen LogP contribution is -2.35. The highest BCUT2D eigenvalue weighted by Crippen LogP contribution is 2.17. The number of rotatable bonds is 8. The minimum Gasteiger partial charge on any atom is -0.383 e. The molecule has 0 saturated heterocycles. The molecular formula is C22H28N2O4S. The summed E-state index contributed by atoms with van der Waals surface area (Å²) in [5, 5.41) is 2.74. The predicted molar refractivity (Wildman–Crippen MR) is 116 cm³/mol. The van der Waals surface area contributed by atoms with Gasteiger partial charge in [-0.25, -0.2) is 13.1 Å². The SMILES string of the molecule is COCC(C)NS(=O)(=O)c1ccc(NC(=O)C=Cc2cc(C)c(C)cc2C)cc1. The summed E-state index contributed by atoms with van der Waals surface area (Å²) in [6.45, 7) is 8.09. The molecule has 0 aromatic heterocycles. The van der Waals surface area contributed by atoms with Crippen LogP contribution in [0, 0.1) is 20.8 Å². The second kappa shape index (κ2) is 9.82. The van der Waals surface area contributed by atoms with Crippen LogP contribution in [0.5, 0.6) is 0 Å². The number of hydrogen-bond donors (Lipinski definition) is 2. The summed E-state index contributed by atoms with van der Waals surface area (Å²) in [6.07, 6.45) is 3.24. The Bertz CT molecular complexity index is 996. The number of carbonyl (C=O) groups is 1. The van der Waals surface area contributed by atoms with Gasteiger partial charge in [0.1, 0.15) is 0 Å². The maximum absolute atomic E-state index is 12.3. The molecule has 2 aromatic rings. The van der Waals surface area contributed by atoms with Gasteiger partial charge in [0.05, 0.1) is 11.5 Å². The predicted octanol–water partition coefficient (Wildman–Crippen LogP) is 3.58. The Kier molecular flexibility index (Phi) is 7.73. The van der Waals surface area contributed by atoms with Crippen molar-refractivity contribution in [3.8, 4) is 0 Å². The third-order valence-corrected chi connectivity index (χ3v) is 6.11. The number of anilines is 1. The number of sulfonamides is 1. The van der Waals surface area contributed by atoms with Crippen LogP contribution in [0.4, 0.5) is 5.69 Å². The first kappa shape index (κ1) is 22.8. The van der Waals surface area contributed by atoms with Crippen LogP contribution in [-0.2, 0) is 19.6 Å². The number of benzene rings is 2. The number of ether oxygens (including phenoxy) is 1. The molecule has 29 heavy (non-hydrogen) atoms. The van der Waals surface area contributed by atoms with Gasteiger partial charge in [-0.05, 0) is 80.3 Å². The van der Waals surface area contributed by atoms with E-state index in [0.29, 0.717) is 5.69 Å². The maximum Gasteiger partial charge on any atom is 0.248 e. The van der Waals surface area contributed by atoms with Crippen LogP contribution in [0.2, 0.25) is 0 Å². The van der Waals surface area contributed by atoms with E-state index in [-0.39, 0.29) is 23.5 Å². The van der Waals surface area contributed by atoms with E-state index in [4.69, 9.17) is 4.74 Å². The smallest absolute Gasteiger partial charge is 0.248 e. The van der Waals surface area contributed by atoms with Gasteiger partial charge >= 0.3 is 0 Å². The maximum atomic E-state index is 12.3. The molecule has 2 rings (SSSR count). The lowest BCUT2D eigenvalue weighted by molar-refractivity contribution is -0.111. The van der Waals surface area contributed by atoms with Crippen LogP contribution in [0.25, 0.3) is 6.08 Å². The normalized spacial score (nSPS) is 12.9. The summed E-state index contributed by atoms with van der Waals surface area (Å²) in [7, 11) is -2.13. The van der Waals surface area contributed by atoms with Crippen molar-refractivity contribution in [2.24, 2.45) is 0 Å². The van der Waals surface area contributed by atoms with E-state index in [1.807, 2.05) is 19.9 Å². The number of amides is 1. The fourth-order valence-corrected chi connectivity index (χ4v) is 4.07. The Morgan fingerprint density at radius 2 is 1.69 bits per heavy atom. The van der Waals surface area contributed by atoms with Gasteiger partial charge in [-0.15, -0.1) is 0 Å². The molecule has 0 aliphatic rings. The molecular weight excluding hydrogens is 388 g/mol. The minimum absolute atomic E-state index is 0.125. The molecule has 7 heteroatoms. The van der Waals surface area contributed by atoms with Crippen LogP contribution >= 0.6 is 0 Å². The first-order valence-electron chi connectivity index (χ1n) is 9.30. The van der Waals surface area contributed by atoms with Crippen molar-refractivity contribution in [1.29, 1.82) is 0 Å².